The summed E-state index contributed by atoms with van der Waals surface area (Å²) in [5.41, 5.74) is 0.752. The van der Waals surface area contributed by atoms with Gasteiger partial charge in [-0.2, -0.15) is 0 Å². The van der Waals surface area contributed by atoms with Crippen molar-refractivity contribution in [2.75, 3.05) is 18.4 Å². The van der Waals surface area contributed by atoms with Gasteiger partial charge in [0, 0.05) is 23.1 Å². The Morgan fingerprint density at radius 2 is 2.00 bits per heavy atom. The predicted octanol–water partition coefficient (Wildman–Crippen LogP) is 2.07. The van der Waals surface area contributed by atoms with Crippen molar-refractivity contribution in [2.24, 2.45) is 0 Å². The van der Waals surface area contributed by atoms with Crippen LogP contribution in [0.15, 0.2) is 28.7 Å². The van der Waals surface area contributed by atoms with Crippen LogP contribution in [0.3, 0.4) is 0 Å². The van der Waals surface area contributed by atoms with Crippen LogP contribution in [0, 0.1) is 0 Å². The van der Waals surface area contributed by atoms with Crippen LogP contribution < -0.4 is 16.0 Å². The highest BCUT2D eigenvalue weighted by Crippen LogP contribution is 2.14. The summed E-state index contributed by atoms with van der Waals surface area (Å²) in [5.74, 6) is -0.119. The van der Waals surface area contributed by atoms with Gasteiger partial charge in [-0.3, -0.25) is 9.59 Å². The lowest BCUT2D eigenvalue weighted by Gasteiger charge is -2.11. The fourth-order valence-electron chi connectivity index (χ4n) is 2.09. The van der Waals surface area contributed by atoms with Gasteiger partial charge in [-0.15, -0.1) is 12.4 Å². The van der Waals surface area contributed by atoms with Crippen molar-refractivity contribution in [3.05, 3.63) is 28.7 Å². The number of carbonyl (C=O) groups is 2. The Kier molecular flexibility index (Phi) is 7.71. The summed E-state index contributed by atoms with van der Waals surface area (Å²) < 4.78 is 0.965. The van der Waals surface area contributed by atoms with E-state index in [1.165, 1.54) is 0 Å². The molecule has 5 nitrogen and oxygen atoms in total. The molecule has 116 valence electrons. The first kappa shape index (κ1) is 17.9. The van der Waals surface area contributed by atoms with E-state index >= 15 is 0 Å². The summed E-state index contributed by atoms with van der Waals surface area (Å²) in [6.07, 6.45) is 2.17. The minimum absolute atomic E-state index is 0. The molecule has 1 fully saturated rings. The zero-order valence-corrected chi connectivity index (χ0v) is 13.9. The molecular weight excluding hydrogens is 358 g/mol. The van der Waals surface area contributed by atoms with E-state index < -0.39 is 0 Å². The lowest BCUT2D eigenvalue weighted by atomic mass is 10.2. The van der Waals surface area contributed by atoms with Crippen molar-refractivity contribution in [1.82, 2.24) is 10.6 Å². The van der Waals surface area contributed by atoms with Crippen molar-refractivity contribution in [1.29, 1.82) is 0 Å². The van der Waals surface area contributed by atoms with Crippen LogP contribution in [-0.4, -0.2) is 30.9 Å². The Bertz CT molecular complexity index is 476. The molecule has 7 heteroatoms. The van der Waals surface area contributed by atoms with Crippen LogP contribution in [0.25, 0.3) is 0 Å². The molecule has 0 aliphatic carbocycles. The molecule has 1 aliphatic rings. The SMILES string of the molecule is Cl.O=C(CCNC(=O)C1CCCN1)Nc1ccc(Br)cc1. The van der Waals surface area contributed by atoms with Crippen molar-refractivity contribution >= 4 is 45.8 Å². The molecule has 1 unspecified atom stereocenters. The quantitative estimate of drug-likeness (QED) is 0.737. The average molecular weight is 377 g/mol. The standard InChI is InChI=1S/C14H18BrN3O2.ClH/c15-10-3-5-11(6-4-10)18-13(19)7-9-17-14(20)12-2-1-8-16-12;/h3-6,12,16H,1-2,7-9H2,(H,17,20)(H,18,19);1H. The molecule has 21 heavy (non-hydrogen) atoms. The molecule has 0 saturated carbocycles. The highest BCUT2D eigenvalue weighted by atomic mass is 79.9. The van der Waals surface area contributed by atoms with Crippen molar-refractivity contribution in [3.8, 4) is 0 Å². The second kappa shape index (κ2) is 9.02. The first-order valence-corrected chi connectivity index (χ1v) is 7.51. The normalized spacial score (nSPS) is 16.9. The van der Waals surface area contributed by atoms with Crippen LogP contribution in [0.5, 0.6) is 0 Å². The number of carbonyl (C=O) groups excluding carboxylic acids is 2. The van der Waals surface area contributed by atoms with E-state index in [4.69, 9.17) is 0 Å². The Labute approximate surface area is 138 Å². The number of rotatable bonds is 5. The molecule has 0 radical (unpaired) electrons. The Balaban J connectivity index is 0.00000220. The summed E-state index contributed by atoms with van der Waals surface area (Å²) in [6.45, 7) is 1.25. The maximum atomic E-state index is 11.7. The molecule has 2 rings (SSSR count). The molecule has 1 aromatic rings. The van der Waals surface area contributed by atoms with E-state index in [1.54, 1.807) is 0 Å². The van der Waals surface area contributed by atoms with E-state index in [1.807, 2.05) is 24.3 Å². The third-order valence-electron chi connectivity index (χ3n) is 3.16. The highest BCUT2D eigenvalue weighted by molar-refractivity contribution is 9.10. The van der Waals surface area contributed by atoms with Gasteiger partial charge >= 0.3 is 0 Å². The van der Waals surface area contributed by atoms with Crippen molar-refractivity contribution in [2.45, 2.75) is 25.3 Å². The van der Waals surface area contributed by atoms with Gasteiger partial charge in [0.2, 0.25) is 11.8 Å². The lowest BCUT2D eigenvalue weighted by Crippen LogP contribution is -2.41. The number of nitrogens with one attached hydrogen (secondary N) is 3. The molecule has 1 heterocycles. The van der Waals surface area contributed by atoms with E-state index in [-0.39, 0.29) is 36.7 Å². The summed E-state index contributed by atoms with van der Waals surface area (Å²) in [5, 5.41) is 8.69. The minimum Gasteiger partial charge on any atom is -0.354 e. The number of hydrogen-bond donors (Lipinski definition) is 3. The van der Waals surface area contributed by atoms with E-state index in [9.17, 15) is 9.59 Å². The third-order valence-corrected chi connectivity index (χ3v) is 3.68. The molecule has 0 spiro atoms. The number of amides is 2. The van der Waals surface area contributed by atoms with Gasteiger partial charge < -0.3 is 16.0 Å². The Hall–Kier alpha value is -1.11. The average Bonchev–Trinajstić information content (AvgIpc) is 2.95. The van der Waals surface area contributed by atoms with Gasteiger partial charge in [-0.25, -0.2) is 0 Å². The smallest absolute Gasteiger partial charge is 0.237 e. The van der Waals surface area contributed by atoms with E-state index in [0.717, 1.165) is 29.5 Å². The Morgan fingerprint density at radius 3 is 2.62 bits per heavy atom. The van der Waals surface area contributed by atoms with Crippen LogP contribution in [0.4, 0.5) is 5.69 Å². The number of anilines is 1. The summed E-state index contributed by atoms with van der Waals surface area (Å²) in [6, 6.07) is 7.28. The van der Waals surface area contributed by atoms with Crippen molar-refractivity contribution in [3.63, 3.8) is 0 Å². The van der Waals surface area contributed by atoms with Gasteiger partial charge in [0.25, 0.3) is 0 Å². The number of hydrogen-bond acceptors (Lipinski definition) is 3. The van der Waals surface area contributed by atoms with Gasteiger partial charge in [0.15, 0.2) is 0 Å². The van der Waals surface area contributed by atoms with Crippen LogP contribution in [0.1, 0.15) is 19.3 Å². The monoisotopic (exact) mass is 375 g/mol. The fourth-order valence-corrected chi connectivity index (χ4v) is 2.35. The Morgan fingerprint density at radius 1 is 1.29 bits per heavy atom. The largest absolute Gasteiger partial charge is 0.354 e. The second-order valence-corrected chi connectivity index (χ2v) is 5.66. The molecule has 0 bridgehead atoms. The minimum atomic E-state index is -0.105. The van der Waals surface area contributed by atoms with Gasteiger partial charge in [-0.05, 0) is 43.7 Å². The maximum absolute atomic E-state index is 11.7. The van der Waals surface area contributed by atoms with Crippen molar-refractivity contribution < 1.29 is 9.59 Å². The first-order chi connectivity index (χ1) is 9.65. The van der Waals surface area contributed by atoms with E-state index in [2.05, 4.69) is 31.9 Å². The topological polar surface area (TPSA) is 70.2 Å². The van der Waals surface area contributed by atoms with Crippen LogP contribution >= 0.6 is 28.3 Å². The molecule has 0 aromatic heterocycles. The number of benzene rings is 1. The summed E-state index contributed by atoms with van der Waals surface area (Å²) >= 11 is 3.34. The molecule has 1 saturated heterocycles. The maximum Gasteiger partial charge on any atom is 0.237 e. The zero-order valence-electron chi connectivity index (χ0n) is 11.5. The second-order valence-electron chi connectivity index (χ2n) is 4.75. The molecule has 2 amide bonds. The zero-order chi connectivity index (χ0) is 14.4. The van der Waals surface area contributed by atoms with E-state index in [0.29, 0.717) is 6.54 Å². The fraction of sp³-hybridized carbons (Fsp3) is 0.429. The van der Waals surface area contributed by atoms with Crippen LogP contribution in [-0.2, 0) is 9.59 Å². The molecule has 3 N–H and O–H groups in total. The molecular formula is C14H19BrClN3O2. The first-order valence-electron chi connectivity index (χ1n) is 6.71. The highest BCUT2D eigenvalue weighted by Gasteiger charge is 2.21. The van der Waals surface area contributed by atoms with Gasteiger partial charge in [0.05, 0.1) is 6.04 Å². The van der Waals surface area contributed by atoms with Crippen LogP contribution in [0.2, 0.25) is 0 Å². The molecule has 1 atom stereocenters. The molecule has 1 aromatic carbocycles. The summed E-state index contributed by atoms with van der Waals surface area (Å²) in [4.78, 5) is 23.4. The lowest BCUT2D eigenvalue weighted by molar-refractivity contribution is -0.122. The summed E-state index contributed by atoms with van der Waals surface area (Å²) in [7, 11) is 0. The van der Waals surface area contributed by atoms with Gasteiger partial charge in [0.1, 0.15) is 0 Å². The predicted molar refractivity (Wildman–Crippen MR) is 88.7 cm³/mol. The number of halogens is 2. The van der Waals surface area contributed by atoms with Gasteiger partial charge in [-0.1, -0.05) is 15.9 Å². The molecule has 1 aliphatic heterocycles. The third kappa shape index (κ3) is 6.03.